The molecule has 0 bridgehead atoms. The Labute approximate surface area is 137 Å². The molecule has 124 valence electrons. The van der Waals surface area contributed by atoms with Crippen molar-refractivity contribution in [2.75, 3.05) is 19.9 Å². The first-order valence-electron chi connectivity index (χ1n) is 7.19. The van der Waals surface area contributed by atoms with Gasteiger partial charge in [0, 0.05) is 12.8 Å². The molecule has 0 saturated carbocycles. The van der Waals surface area contributed by atoms with E-state index in [2.05, 4.69) is 0 Å². The second-order valence-electron chi connectivity index (χ2n) is 5.24. The van der Waals surface area contributed by atoms with Crippen LogP contribution < -0.4 is 15.2 Å². The van der Waals surface area contributed by atoms with Gasteiger partial charge < -0.3 is 15.2 Å². The van der Waals surface area contributed by atoms with E-state index in [-0.39, 0.29) is 6.54 Å². The van der Waals surface area contributed by atoms with Gasteiger partial charge in [0.2, 0.25) is 0 Å². The van der Waals surface area contributed by atoms with Crippen LogP contribution in [0.3, 0.4) is 0 Å². The van der Waals surface area contributed by atoms with Crippen molar-refractivity contribution in [2.45, 2.75) is 11.9 Å². The van der Waals surface area contributed by atoms with Gasteiger partial charge in [-0.05, 0) is 23.3 Å². The molecule has 1 unspecified atom stereocenters. The lowest BCUT2D eigenvalue weighted by Crippen LogP contribution is -2.21. The maximum Gasteiger partial charge on any atom is 0.161 e. The van der Waals surface area contributed by atoms with Crippen LogP contribution in [0.4, 0.5) is 0 Å². The fraction of sp³-hybridized carbons (Fsp3) is 0.294. The Morgan fingerprint density at radius 3 is 2.35 bits per heavy atom. The van der Waals surface area contributed by atoms with Crippen molar-refractivity contribution in [3.8, 4) is 11.5 Å². The van der Waals surface area contributed by atoms with Crippen LogP contribution in [0.15, 0.2) is 48.5 Å². The molecule has 2 aromatic carbocycles. The molecule has 0 spiro atoms. The molecular weight excluding hydrogens is 314 g/mol. The SMILES string of the molecule is COc1ccc(C(CN)S(C)(=O)=O)cc1OCc1ccccc1. The molecule has 0 aliphatic heterocycles. The lowest BCUT2D eigenvalue weighted by atomic mass is 10.1. The lowest BCUT2D eigenvalue weighted by Gasteiger charge is -2.17. The fourth-order valence-corrected chi connectivity index (χ4v) is 3.29. The van der Waals surface area contributed by atoms with Crippen molar-refractivity contribution in [2.24, 2.45) is 5.73 Å². The largest absolute Gasteiger partial charge is 0.493 e. The molecular formula is C17H21NO4S. The van der Waals surface area contributed by atoms with Crippen LogP contribution in [0.5, 0.6) is 11.5 Å². The molecule has 5 nitrogen and oxygen atoms in total. The molecule has 2 rings (SSSR count). The van der Waals surface area contributed by atoms with Crippen LogP contribution in [0.2, 0.25) is 0 Å². The first kappa shape index (κ1) is 17.3. The predicted molar refractivity (Wildman–Crippen MR) is 90.4 cm³/mol. The van der Waals surface area contributed by atoms with E-state index in [4.69, 9.17) is 15.2 Å². The number of ether oxygens (including phenoxy) is 2. The van der Waals surface area contributed by atoms with Gasteiger partial charge in [0.15, 0.2) is 21.3 Å². The van der Waals surface area contributed by atoms with Crippen LogP contribution >= 0.6 is 0 Å². The maximum atomic E-state index is 11.9. The summed E-state index contributed by atoms with van der Waals surface area (Å²) in [7, 11) is -1.75. The van der Waals surface area contributed by atoms with Crippen molar-refractivity contribution in [3.63, 3.8) is 0 Å². The molecule has 0 aliphatic carbocycles. The number of rotatable bonds is 7. The lowest BCUT2D eigenvalue weighted by molar-refractivity contribution is 0.284. The average Bonchev–Trinajstić information content (AvgIpc) is 2.53. The molecule has 2 aromatic rings. The van der Waals surface area contributed by atoms with Gasteiger partial charge in [0.25, 0.3) is 0 Å². The average molecular weight is 335 g/mol. The van der Waals surface area contributed by atoms with Crippen molar-refractivity contribution < 1.29 is 17.9 Å². The quantitative estimate of drug-likeness (QED) is 0.840. The summed E-state index contributed by atoms with van der Waals surface area (Å²) in [6.45, 7) is 0.385. The number of benzene rings is 2. The number of hydrogen-bond acceptors (Lipinski definition) is 5. The van der Waals surface area contributed by atoms with Crippen molar-refractivity contribution in [1.29, 1.82) is 0 Å². The van der Waals surface area contributed by atoms with Gasteiger partial charge in [-0.25, -0.2) is 8.42 Å². The summed E-state index contributed by atoms with van der Waals surface area (Å²) in [4.78, 5) is 0. The van der Waals surface area contributed by atoms with E-state index < -0.39 is 15.1 Å². The Kier molecular flexibility index (Phi) is 5.63. The Bertz CT molecular complexity index is 744. The van der Waals surface area contributed by atoms with Crippen LogP contribution in [0.25, 0.3) is 0 Å². The Morgan fingerprint density at radius 2 is 1.78 bits per heavy atom. The third kappa shape index (κ3) is 4.46. The van der Waals surface area contributed by atoms with Crippen LogP contribution in [-0.4, -0.2) is 28.3 Å². The molecule has 2 N–H and O–H groups in total. The van der Waals surface area contributed by atoms with Crippen LogP contribution in [0, 0.1) is 0 Å². The summed E-state index contributed by atoms with van der Waals surface area (Å²) in [5.41, 5.74) is 7.23. The molecule has 0 aliphatic rings. The van der Waals surface area contributed by atoms with Gasteiger partial charge >= 0.3 is 0 Å². The number of sulfone groups is 1. The number of hydrogen-bond donors (Lipinski definition) is 1. The van der Waals surface area contributed by atoms with E-state index in [0.717, 1.165) is 5.56 Å². The molecule has 1 atom stereocenters. The molecule has 23 heavy (non-hydrogen) atoms. The highest BCUT2D eigenvalue weighted by Crippen LogP contribution is 2.32. The first-order valence-corrected chi connectivity index (χ1v) is 9.14. The van der Waals surface area contributed by atoms with Gasteiger partial charge in [-0.2, -0.15) is 0 Å². The minimum atomic E-state index is -3.29. The van der Waals surface area contributed by atoms with Crippen LogP contribution in [-0.2, 0) is 16.4 Å². The van der Waals surface area contributed by atoms with Gasteiger partial charge in [0.05, 0.1) is 12.4 Å². The Morgan fingerprint density at radius 1 is 1.09 bits per heavy atom. The van der Waals surface area contributed by atoms with Crippen molar-refractivity contribution >= 4 is 9.84 Å². The highest BCUT2D eigenvalue weighted by atomic mass is 32.2. The topological polar surface area (TPSA) is 78.6 Å². The zero-order valence-corrected chi connectivity index (χ0v) is 14.0. The van der Waals surface area contributed by atoms with E-state index in [1.807, 2.05) is 30.3 Å². The normalized spacial score (nSPS) is 12.7. The zero-order chi connectivity index (χ0) is 16.9. The minimum absolute atomic E-state index is 0.0172. The van der Waals surface area contributed by atoms with Gasteiger partial charge in [-0.1, -0.05) is 36.4 Å². The molecule has 6 heteroatoms. The van der Waals surface area contributed by atoms with E-state index in [0.29, 0.717) is 23.7 Å². The first-order chi connectivity index (χ1) is 11.0. The Balaban J connectivity index is 2.28. The monoisotopic (exact) mass is 335 g/mol. The molecule has 0 heterocycles. The summed E-state index contributed by atoms with van der Waals surface area (Å²) < 4.78 is 34.8. The number of methoxy groups -OCH3 is 1. The maximum absolute atomic E-state index is 11.9. The van der Waals surface area contributed by atoms with E-state index >= 15 is 0 Å². The summed E-state index contributed by atoms with van der Waals surface area (Å²) in [6.07, 6.45) is 1.18. The molecule has 0 amide bonds. The van der Waals surface area contributed by atoms with E-state index in [1.165, 1.54) is 6.26 Å². The molecule has 0 aromatic heterocycles. The van der Waals surface area contributed by atoms with Gasteiger partial charge in [0.1, 0.15) is 6.61 Å². The third-order valence-electron chi connectivity index (χ3n) is 3.53. The van der Waals surface area contributed by atoms with Crippen molar-refractivity contribution in [3.05, 3.63) is 59.7 Å². The molecule has 0 radical (unpaired) electrons. The zero-order valence-electron chi connectivity index (χ0n) is 13.2. The molecule has 0 fully saturated rings. The summed E-state index contributed by atoms with van der Waals surface area (Å²) in [6, 6.07) is 14.8. The van der Waals surface area contributed by atoms with Crippen molar-refractivity contribution in [1.82, 2.24) is 0 Å². The summed E-state index contributed by atoms with van der Waals surface area (Å²) >= 11 is 0. The summed E-state index contributed by atoms with van der Waals surface area (Å²) in [5, 5.41) is -0.757. The van der Waals surface area contributed by atoms with E-state index in [9.17, 15) is 8.42 Å². The smallest absolute Gasteiger partial charge is 0.161 e. The second-order valence-corrected chi connectivity index (χ2v) is 7.47. The molecule has 0 saturated heterocycles. The summed E-state index contributed by atoms with van der Waals surface area (Å²) in [5.74, 6) is 1.05. The highest BCUT2D eigenvalue weighted by Gasteiger charge is 2.22. The third-order valence-corrected chi connectivity index (χ3v) is 5.03. The van der Waals surface area contributed by atoms with Gasteiger partial charge in [-0.15, -0.1) is 0 Å². The van der Waals surface area contributed by atoms with E-state index in [1.54, 1.807) is 25.3 Å². The highest BCUT2D eigenvalue weighted by molar-refractivity contribution is 7.91. The van der Waals surface area contributed by atoms with Crippen LogP contribution in [0.1, 0.15) is 16.4 Å². The Hall–Kier alpha value is -2.05. The number of nitrogens with two attached hydrogens (primary N) is 1. The second kappa shape index (κ2) is 7.48. The van der Waals surface area contributed by atoms with Gasteiger partial charge in [-0.3, -0.25) is 0 Å². The standard InChI is InChI=1S/C17H21NO4S/c1-21-15-9-8-14(17(11-18)23(2,19)20)10-16(15)22-12-13-6-4-3-5-7-13/h3-10,17H,11-12,18H2,1-2H3. The fourth-order valence-electron chi connectivity index (χ4n) is 2.30. The predicted octanol–water partition coefficient (Wildman–Crippen LogP) is 2.32. The minimum Gasteiger partial charge on any atom is -0.493 e.